The minimum absolute atomic E-state index is 0.514. The topological polar surface area (TPSA) is 38.1 Å². The van der Waals surface area contributed by atoms with Crippen molar-refractivity contribution in [2.75, 3.05) is 12.3 Å². The summed E-state index contributed by atoms with van der Waals surface area (Å²) in [5.41, 5.74) is 1.81. The molecule has 110 valence electrons. The van der Waals surface area contributed by atoms with Crippen molar-refractivity contribution in [1.29, 1.82) is 0 Å². The fourth-order valence-corrected chi connectivity index (χ4v) is 3.19. The molecule has 1 N–H and O–H groups in total. The maximum Gasteiger partial charge on any atom is 0.256 e. The molecule has 0 amide bonds. The van der Waals surface area contributed by atoms with E-state index >= 15 is 0 Å². The van der Waals surface area contributed by atoms with Crippen LogP contribution in [-0.2, 0) is 0 Å². The third kappa shape index (κ3) is 4.00. The molecule has 2 rings (SSSR count). The van der Waals surface area contributed by atoms with Gasteiger partial charge in [0, 0.05) is 11.8 Å². The molecule has 0 fully saturated rings. The first kappa shape index (κ1) is 15.4. The van der Waals surface area contributed by atoms with E-state index in [0.717, 1.165) is 28.6 Å². The maximum absolute atomic E-state index is 5.76. The summed E-state index contributed by atoms with van der Waals surface area (Å²) in [5.74, 6) is 1.67. The van der Waals surface area contributed by atoms with E-state index in [1.54, 1.807) is 11.8 Å². The second kappa shape index (κ2) is 7.70. The summed E-state index contributed by atoms with van der Waals surface area (Å²) in [6, 6.07) is 8.44. The van der Waals surface area contributed by atoms with Crippen LogP contribution < -0.4 is 5.32 Å². The molecular formula is C16H24N2OS. The van der Waals surface area contributed by atoms with Crippen LogP contribution in [0.15, 0.2) is 33.9 Å². The Balaban J connectivity index is 1.97. The number of nitrogens with one attached hydrogen (secondary N) is 1. The molecule has 0 spiro atoms. The second-order valence-electron chi connectivity index (χ2n) is 5.20. The normalized spacial score (nSPS) is 14.6. The number of rotatable bonds is 8. The number of hydrogen-bond acceptors (Lipinski definition) is 4. The Kier molecular flexibility index (Phi) is 5.92. The number of benzene rings is 1. The highest BCUT2D eigenvalue weighted by Crippen LogP contribution is 2.25. The lowest BCUT2D eigenvalue weighted by atomic mass is 10.0. The molecule has 2 atom stereocenters. The van der Waals surface area contributed by atoms with E-state index in [4.69, 9.17) is 4.42 Å². The molecule has 2 aromatic rings. The van der Waals surface area contributed by atoms with Crippen LogP contribution in [0.25, 0.3) is 11.1 Å². The van der Waals surface area contributed by atoms with Crippen LogP contribution in [0.5, 0.6) is 0 Å². The first-order valence-corrected chi connectivity index (χ1v) is 8.44. The Bertz CT molecular complexity index is 493. The van der Waals surface area contributed by atoms with E-state index in [2.05, 4.69) is 31.1 Å². The third-order valence-corrected chi connectivity index (χ3v) is 4.60. The van der Waals surface area contributed by atoms with Gasteiger partial charge in [-0.2, -0.15) is 0 Å². The average molecular weight is 292 g/mol. The fourth-order valence-electron chi connectivity index (χ4n) is 2.11. The Labute approximate surface area is 125 Å². The van der Waals surface area contributed by atoms with Gasteiger partial charge in [-0.1, -0.05) is 51.1 Å². The highest BCUT2D eigenvalue weighted by Gasteiger charge is 2.16. The maximum atomic E-state index is 5.76. The lowest BCUT2D eigenvalue weighted by Gasteiger charge is -2.23. The first-order valence-electron chi connectivity index (χ1n) is 7.46. The van der Waals surface area contributed by atoms with Gasteiger partial charge < -0.3 is 9.73 Å². The van der Waals surface area contributed by atoms with Gasteiger partial charge in [-0.05, 0) is 31.0 Å². The molecule has 0 aliphatic rings. The van der Waals surface area contributed by atoms with Crippen LogP contribution in [0.1, 0.15) is 33.6 Å². The number of thioether (sulfide) groups is 1. The molecular weight excluding hydrogens is 268 g/mol. The number of fused-ring (bicyclic) bond motifs is 1. The summed E-state index contributed by atoms with van der Waals surface area (Å²) in [6.45, 7) is 7.83. The van der Waals surface area contributed by atoms with E-state index in [0.29, 0.717) is 12.0 Å². The smallest absolute Gasteiger partial charge is 0.256 e. The van der Waals surface area contributed by atoms with Gasteiger partial charge in [-0.25, -0.2) is 4.98 Å². The van der Waals surface area contributed by atoms with Crippen molar-refractivity contribution >= 4 is 22.9 Å². The lowest BCUT2D eigenvalue weighted by molar-refractivity contribution is 0.395. The van der Waals surface area contributed by atoms with Gasteiger partial charge in [0.25, 0.3) is 5.22 Å². The van der Waals surface area contributed by atoms with Crippen LogP contribution in [-0.4, -0.2) is 23.3 Å². The Morgan fingerprint density at radius 1 is 1.30 bits per heavy atom. The summed E-state index contributed by atoms with van der Waals surface area (Å²) >= 11 is 1.71. The van der Waals surface area contributed by atoms with Gasteiger partial charge in [0.2, 0.25) is 0 Å². The SMILES string of the molecule is CCCNC(CSc1nc2ccccc2o1)C(C)CC. The quantitative estimate of drug-likeness (QED) is 0.735. The number of nitrogens with zero attached hydrogens (tertiary/aromatic N) is 1. The number of oxazole rings is 1. The number of aromatic nitrogens is 1. The lowest BCUT2D eigenvalue weighted by Crippen LogP contribution is -2.37. The zero-order valence-corrected chi connectivity index (χ0v) is 13.4. The zero-order valence-electron chi connectivity index (χ0n) is 12.6. The first-order chi connectivity index (χ1) is 9.74. The second-order valence-corrected chi connectivity index (χ2v) is 6.18. The predicted molar refractivity (Wildman–Crippen MR) is 86.3 cm³/mol. The minimum atomic E-state index is 0.514. The molecule has 4 heteroatoms. The van der Waals surface area contributed by atoms with E-state index in [1.807, 2.05) is 24.3 Å². The fraction of sp³-hybridized carbons (Fsp3) is 0.562. The highest BCUT2D eigenvalue weighted by molar-refractivity contribution is 7.99. The van der Waals surface area contributed by atoms with Crippen LogP contribution in [0, 0.1) is 5.92 Å². The molecule has 1 aromatic heterocycles. The Hall–Kier alpha value is -1.00. The summed E-state index contributed by atoms with van der Waals surface area (Å²) in [4.78, 5) is 4.52. The van der Waals surface area contributed by atoms with Crippen LogP contribution >= 0.6 is 11.8 Å². The van der Waals surface area contributed by atoms with Crippen LogP contribution in [0.2, 0.25) is 0 Å². The molecule has 0 aliphatic carbocycles. The van der Waals surface area contributed by atoms with Crippen molar-refractivity contribution in [2.24, 2.45) is 5.92 Å². The summed E-state index contributed by atoms with van der Waals surface area (Å²) in [5, 5.41) is 4.41. The van der Waals surface area contributed by atoms with Gasteiger partial charge in [0.15, 0.2) is 5.58 Å². The molecule has 0 bridgehead atoms. The molecule has 3 nitrogen and oxygen atoms in total. The molecule has 20 heavy (non-hydrogen) atoms. The van der Waals surface area contributed by atoms with Crippen molar-refractivity contribution in [3.63, 3.8) is 0 Å². The Morgan fingerprint density at radius 2 is 2.10 bits per heavy atom. The summed E-state index contributed by atoms with van der Waals surface area (Å²) in [6.07, 6.45) is 2.36. The molecule has 0 radical (unpaired) electrons. The molecule has 2 unspecified atom stereocenters. The number of hydrogen-bond donors (Lipinski definition) is 1. The largest absolute Gasteiger partial charge is 0.431 e. The van der Waals surface area contributed by atoms with Gasteiger partial charge in [0.05, 0.1) is 0 Å². The van der Waals surface area contributed by atoms with Gasteiger partial charge in [-0.15, -0.1) is 0 Å². The van der Waals surface area contributed by atoms with Crippen molar-refractivity contribution in [1.82, 2.24) is 10.3 Å². The average Bonchev–Trinajstić information content (AvgIpc) is 2.89. The third-order valence-electron chi connectivity index (χ3n) is 3.65. The van der Waals surface area contributed by atoms with E-state index in [-0.39, 0.29) is 0 Å². The van der Waals surface area contributed by atoms with E-state index in [9.17, 15) is 0 Å². The van der Waals surface area contributed by atoms with Gasteiger partial charge >= 0.3 is 0 Å². The molecule has 0 saturated carbocycles. The standard InChI is InChI=1S/C16H24N2OS/c1-4-10-17-14(12(3)5-2)11-20-16-18-13-8-6-7-9-15(13)19-16/h6-9,12,14,17H,4-5,10-11H2,1-3H3. The molecule has 1 heterocycles. The summed E-state index contributed by atoms with van der Waals surface area (Å²) in [7, 11) is 0. The van der Waals surface area contributed by atoms with Crippen molar-refractivity contribution < 1.29 is 4.42 Å². The predicted octanol–water partition coefficient (Wildman–Crippen LogP) is 4.33. The van der Waals surface area contributed by atoms with Gasteiger partial charge in [-0.3, -0.25) is 0 Å². The molecule has 0 saturated heterocycles. The highest BCUT2D eigenvalue weighted by atomic mass is 32.2. The van der Waals surface area contributed by atoms with Crippen molar-refractivity contribution in [3.8, 4) is 0 Å². The van der Waals surface area contributed by atoms with Crippen molar-refractivity contribution in [2.45, 2.75) is 44.9 Å². The van der Waals surface area contributed by atoms with Crippen LogP contribution in [0.3, 0.4) is 0 Å². The summed E-state index contributed by atoms with van der Waals surface area (Å²) < 4.78 is 5.76. The zero-order chi connectivity index (χ0) is 14.4. The number of para-hydroxylation sites is 2. The minimum Gasteiger partial charge on any atom is -0.431 e. The van der Waals surface area contributed by atoms with Gasteiger partial charge in [0.1, 0.15) is 5.52 Å². The monoisotopic (exact) mass is 292 g/mol. The van der Waals surface area contributed by atoms with Crippen molar-refractivity contribution in [3.05, 3.63) is 24.3 Å². The Morgan fingerprint density at radius 3 is 2.80 bits per heavy atom. The molecule has 0 aliphatic heterocycles. The van der Waals surface area contributed by atoms with Crippen LogP contribution in [0.4, 0.5) is 0 Å². The van der Waals surface area contributed by atoms with E-state index < -0.39 is 0 Å². The molecule has 1 aromatic carbocycles. The van der Waals surface area contributed by atoms with E-state index in [1.165, 1.54) is 12.8 Å².